The number of nitrogens with zero attached hydrogens (tertiary/aromatic N) is 3. The van der Waals surface area contributed by atoms with Crippen molar-refractivity contribution in [2.75, 3.05) is 18.0 Å². The Labute approximate surface area is 178 Å². The molecule has 0 spiro atoms. The number of amides is 1. The molecule has 1 unspecified atom stereocenters. The van der Waals surface area contributed by atoms with Crippen LogP contribution in [0.1, 0.15) is 29.8 Å². The minimum Gasteiger partial charge on any atom is -0.354 e. The summed E-state index contributed by atoms with van der Waals surface area (Å²) >= 11 is 5.70. The van der Waals surface area contributed by atoms with Crippen LogP contribution in [0.4, 0.5) is 32.2 Å². The second-order valence-electron chi connectivity index (χ2n) is 6.96. The van der Waals surface area contributed by atoms with E-state index < -0.39 is 35.7 Å². The van der Waals surface area contributed by atoms with Gasteiger partial charge >= 0.3 is 12.4 Å². The average molecular weight is 467 g/mol. The van der Waals surface area contributed by atoms with Gasteiger partial charge in [-0.1, -0.05) is 23.7 Å². The van der Waals surface area contributed by atoms with Gasteiger partial charge in [0.1, 0.15) is 17.0 Å². The molecular formula is C19H17ClF6N4O. The standard InChI is InChI=1S/C19H17ClF6N4O/c20-14-10-15(29-17(28-14)19(24,25)26)30-9-1-2-13(30)16(31)27-8-7-11-3-5-12(6-4-11)18(21,22)23/h3-6,10,13H,1-2,7-9H2,(H,27,31). The van der Waals surface area contributed by atoms with Crippen LogP contribution < -0.4 is 10.2 Å². The summed E-state index contributed by atoms with van der Waals surface area (Å²) in [6.45, 7) is 0.481. The Kier molecular flexibility index (Phi) is 6.63. The van der Waals surface area contributed by atoms with Crippen molar-refractivity contribution >= 4 is 23.3 Å². The van der Waals surface area contributed by atoms with Gasteiger partial charge in [-0.15, -0.1) is 0 Å². The summed E-state index contributed by atoms with van der Waals surface area (Å²) in [6.07, 6.45) is -7.92. The van der Waals surface area contributed by atoms with Gasteiger partial charge in [0.05, 0.1) is 5.56 Å². The van der Waals surface area contributed by atoms with E-state index in [9.17, 15) is 31.1 Å². The number of aromatic nitrogens is 2. The maximum Gasteiger partial charge on any atom is 0.451 e. The zero-order chi connectivity index (χ0) is 22.8. The first-order valence-corrected chi connectivity index (χ1v) is 9.65. The molecule has 1 aromatic heterocycles. The van der Waals surface area contributed by atoms with E-state index in [1.165, 1.54) is 23.1 Å². The third-order valence-electron chi connectivity index (χ3n) is 4.78. The number of alkyl halides is 6. The highest BCUT2D eigenvalue weighted by Gasteiger charge is 2.38. The number of carbonyl (C=O) groups is 1. The molecule has 1 saturated heterocycles. The molecule has 0 bridgehead atoms. The topological polar surface area (TPSA) is 58.1 Å². The van der Waals surface area contributed by atoms with Crippen LogP contribution in [-0.4, -0.2) is 35.0 Å². The summed E-state index contributed by atoms with van der Waals surface area (Å²) in [5.41, 5.74) is -0.155. The Hall–Kier alpha value is -2.56. The van der Waals surface area contributed by atoms with E-state index in [1.807, 2.05) is 0 Å². The first kappa shape index (κ1) is 23.1. The van der Waals surface area contributed by atoms with E-state index in [1.54, 1.807) is 0 Å². The molecule has 1 aromatic carbocycles. The first-order valence-electron chi connectivity index (χ1n) is 9.27. The molecule has 1 aliphatic heterocycles. The molecule has 3 rings (SSSR count). The second-order valence-corrected chi connectivity index (χ2v) is 7.34. The SMILES string of the molecule is O=C(NCCc1ccc(C(F)(F)F)cc1)C1CCCN1c1cc(Cl)nc(C(F)(F)F)n1. The summed E-state index contributed by atoms with van der Waals surface area (Å²) in [5.74, 6) is -1.89. The van der Waals surface area contributed by atoms with E-state index in [0.717, 1.165) is 12.1 Å². The molecule has 31 heavy (non-hydrogen) atoms. The molecule has 0 saturated carbocycles. The fourth-order valence-corrected chi connectivity index (χ4v) is 3.48. The van der Waals surface area contributed by atoms with E-state index in [-0.39, 0.29) is 17.5 Å². The molecule has 168 valence electrons. The lowest BCUT2D eigenvalue weighted by Crippen LogP contribution is -2.44. The normalized spacial score (nSPS) is 17.1. The second kappa shape index (κ2) is 8.89. The summed E-state index contributed by atoms with van der Waals surface area (Å²) in [6, 6.07) is 5.03. The van der Waals surface area contributed by atoms with E-state index in [2.05, 4.69) is 15.3 Å². The number of rotatable bonds is 5. The monoisotopic (exact) mass is 466 g/mol. The number of benzene rings is 1. The maximum atomic E-state index is 13.0. The van der Waals surface area contributed by atoms with Gasteiger partial charge in [-0.25, -0.2) is 9.97 Å². The van der Waals surface area contributed by atoms with Crippen molar-refractivity contribution < 1.29 is 31.1 Å². The lowest BCUT2D eigenvalue weighted by molar-refractivity contribution is -0.145. The molecule has 1 aliphatic rings. The minimum absolute atomic E-state index is 0.0901. The predicted molar refractivity (Wildman–Crippen MR) is 101 cm³/mol. The van der Waals surface area contributed by atoms with Gasteiger partial charge in [0.15, 0.2) is 0 Å². The molecule has 2 heterocycles. The predicted octanol–water partition coefficient (Wildman–Crippen LogP) is 4.50. The lowest BCUT2D eigenvalue weighted by atomic mass is 10.1. The fourth-order valence-electron chi connectivity index (χ4n) is 3.30. The fraction of sp³-hybridized carbons (Fsp3) is 0.421. The molecule has 0 radical (unpaired) electrons. The summed E-state index contributed by atoms with van der Waals surface area (Å²) in [7, 11) is 0. The Bertz CT molecular complexity index is 932. The third kappa shape index (κ3) is 5.78. The highest BCUT2D eigenvalue weighted by molar-refractivity contribution is 6.29. The summed E-state index contributed by atoms with van der Waals surface area (Å²) in [4.78, 5) is 20.7. The molecule has 1 N–H and O–H groups in total. The molecule has 1 atom stereocenters. The third-order valence-corrected chi connectivity index (χ3v) is 4.97. The highest BCUT2D eigenvalue weighted by atomic mass is 35.5. The number of carbonyl (C=O) groups excluding carboxylic acids is 1. The molecule has 5 nitrogen and oxygen atoms in total. The van der Waals surface area contributed by atoms with Crippen molar-refractivity contribution in [3.8, 4) is 0 Å². The van der Waals surface area contributed by atoms with E-state index in [4.69, 9.17) is 11.6 Å². The van der Waals surface area contributed by atoms with Crippen LogP contribution in [0.3, 0.4) is 0 Å². The smallest absolute Gasteiger partial charge is 0.354 e. The van der Waals surface area contributed by atoms with Crippen LogP contribution >= 0.6 is 11.6 Å². The molecule has 2 aromatic rings. The van der Waals surface area contributed by atoms with Crippen LogP contribution in [0.5, 0.6) is 0 Å². The zero-order valence-electron chi connectivity index (χ0n) is 15.9. The quantitative estimate of drug-likeness (QED) is 0.521. The number of hydrogen-bond acceptors (Lipinski definition) is 4. The van der Waals surface area contributed by atoms with Gasteiger partial charge in [0.2, 0.25) is 11.7 Å². The summed E-state index contributed by atoms with van der Waals surface area (Å²) in [5, 5.41) is 2.29. The van der Waals surface area contributed by atoms with Crippen molar-refractivity contribution in [1.82, 2.24) is 15.3 Å². The van der Waals surface area contributed by atoms with Crippen LogP contribution in [0, 0.1) is 0 Å². The van der Waals surface area contributed by atoms with Gasteiger partial charge in [-0.05, 0) is 37.0 Å². The van der Waals surface area contributed by atoms with Gasteiger partial charge in [0.25, 0.3) is 0 Å². The van der Waals surface area contributed by atoms with Gasteiger partial charge < -0.3 is 10.2 Å². The van der Waals surface area contributed by atoms with Crippen molar-refractivity contribution in [2.45, 2.75) is 37.7 Å². The minimum atomic E-state index is -4.78. The van der Waals surface area contributed by atoms with Crippen molar-refractivity contribution in [1.29, 1.82) is 0 Å². The lowest BCUT2D eigenvalue weighted by Gasteiger charge is -2.25. The Balaban J connectivity index is 1.62. The highest BCUT2D eigenvalue weighted by Crippen LogP contribution is 2.32. The van der Waals surface area contributed by atoms with Gasteiger partial charge in [-0.2, -0.15) is 26.3 Å². The van der Waals surface area contributed by atoms with Crippen molar-refractivity contribution in [3.63, 3.8) is 0 Å². The maximum absolute atomic E-state index is 13.0. The molecule has 1 amide bonds. The Morgan fingerprint density at radius 1 is 1.10 bits per heavy atom. The first-order chi connectivity index (χ1) is 14.4. The molecular weight excluding hydrogens is 450 g/mol. The van der Waals surface area contributed by atoms with Crippen LogP contribution in [0.25, 0.3) is 0 Å². The van der Waals surface area contributed by atoms with E-state index in [0.29, 0.717) is 31.4 Å². The van der Waals surface area contributed by atoms with Crippen LogP contribution in [0.15, 0.2) is 30.3 Å². The van der Waals surface area contributed by atoms with E-state index >= 15 is 0 Å². The zero-order valence-corrected chi connectivity index (χ0v) is 16.7. The molecule has 12 heteroatoms. The molecule has 0 aliphatic carbocycles. The van der Waals surface area contributed by atoms with Crippen LogP contribution in [0.2, 0.25) is 5.15 Å². The number of anilines is 1. The number of nitrogens with one attached hydrogen (secondary N) is 1. The Morgan fingerprint density at radius 3 is 2.39 bits per heavy atom. The largest absolute Gasteiger partial charge is 0.451 e. The van der Waals surface area contributed by atoms with Crippen molar-refractivity contribution in [3.05, 3.63) is 52.4 Å². The van der Waals surface area contributed by atoms with Crippen LogP contribution in [-0.2, 0) is 23.6 Å². The average Bonchev–Trinajstić information content (AvgIpc) is 3.16. The van der Waals surface area contributed by atoms with Crippen molar-refractivity contribution in [2.24, 2.45) is 0 Å². The van der Waals surface area contributed by atoms with Gasteiger partial charge in [-0.3, -0.25) is 4.79 Å². The van der Waals surface area contributed by atoms with Gasteiger partial charge in [0, 0.05) is 19.2 Å². The molecule has 1 fully saturated rings. The Morgan fingerprint density at radius 2 is 1.77 bits per heavy atom. The number of halogens is 7. The number of hydrogen-bond donors (Lipinski definition) is 1. The summed E-state index contributed by atoms with van der Waals surface area (Å²) < 4.78 is 76.7.